The Hall–Kier alpha value is -2.45. The van der Waals surface area contributed by atoms with Crippen molar-refractivity contribution < 1.29 is 22.8 Å². The lowest BCUT2D eigenvalue weighted by atomic mass is 9.96. The molecule has 1 aromatic heterocycles. The normalized spacial score (nSPS) is 18.9. The molecule has 10 nitrogen and oxygen atoms in total. The maximum atomic E-state index is 14.5. The number of hydrogen-bond acceptors (Lipinski definition) is 10. The van der Waals surface area contributed by atoms with Crippen LogP contribution in [0.5, 0.6) is 5.75 Å². The number of rotatable bonds is 22. The number of sulfone groups is 1. The first-order valence-electron chi connectivity index (χ1n) is 22.6. The van der Waals surface area contributed by atoms with Crippen molar-refractivity contribution in [1.82, 2.24) is 19.7 Å². The van der Waals surface area contributed by atoms with Crippen molar-refractivity contribution in [2.24, 2.45) is 0 Å². The number of benzene rings is 2. The summed E-state index contributed by atoms with van der Waals surface area (Å²) in [6, 6.07) is 13.5. The summed E-state index contributed by atoms with van der Waals surface area (Å²) in [6.07, 6.45) is 23.0. The SMILES string of the molecule is CCCCCCCCCCCCCCOc1ccc(S(=O)(=O)c2cnc3ccc([S+](C)[O-])cc3c2N2CCC(N3CCC(N4CCN(CCO)CC4)CC3)CC2)cc1. The number of β-amino-alcohol motifs (C(OH)–C–C–N with tert-alkyl or cyclic N) is 1. The smallest absolute Gasteiger partial charge is 0.210 e. The van der Waals surface area contributed by atoms with Gasteiger partial charge < -0.3 is 24.2 Å². The molecule has 3 aliphatic heterocycles. The number of aliphatic hydroxyl groups excluding tert-OH is 1. The van der Waals surface area contributed by atoms with Crippen molar-refractivity contribution in [3.63, 3.8) is 0 Å². The predicted molar refractivity (Wildman–Crippen MR) is 237 cm³/mol. The number of piperidine rings is 2. The van der Waals surface area contributed by atoms with Crippen LogP contribution in [0, 0.1) is 0 Å². The van der Waals surface area contributed by atoms with Crippen LogP contribution in [-0.4, -0.2) is 128 Å². The van der Waals surface area contributed by atoms with Gasteiger partial charge in [-0.05, 0) is 92.8 Å². The maximum absolute atomic E-state index is 14.5. The Morgan fingerprint density at radius 1 is 0.759 bits per heavy atom. The van der Waals surface area contributed by atoms with Gasteiger partial charge in [0.05, 0.1) is 29.3 Å². The lowest BCUT2D eigenvalue weighted by Gasteiger charge is -2.46. The van der Waals surface area contributed by atoms with Gasteiger partial charge in [-0.3, -0.25) is 14.8 Å². The average Bonchev–Trinajstić information content (AvgIpc) is 3.25. The van der Waals surface area contributed by atoms with Crippen LogP contribution in [0.4, 0.5) is 5.69 Å². The molecule has 3 saturated heterocycles. The quantitative estimate of drug-likeness (QED) is 0.0792. The highest BCUT2D eigenvalue weighted by Gasteiger charge is 2.34. The molecule has 4 heterocycles. The zero-order valence-corrected chi connectivity index (χ0v) is 37.1. The van der Waals surface area contributed by atoms with Crippen LogP contribution >= 0.6 is 0 Å². The van der Waals surface area contributed by atoms with Gasteiger partial charge in [-0.1, -0.05) is 77.6 Å². The van der Waals surface area contributed by atoms with E-state index in [0.717, 1.165) is 90.0 Å². The molecule has 6 rings (SSSR count). The van der Waals surface area contributed by atoms with Crippen LogP contribution in [0.2, 0.25) is 0 Å². The molecule has 58 heavy (non-hydrogen) atoms. The van der Waals surface area contributed by atoms with Gasteiger partial charge >= 0.3 is 0 Å². The van der Waals surface area contributed by atoms with E-state index in [1.54, 1.807) is 30.5 Å². The zero-order chi connectivity index (χ0) is 40.7. The van der Waals surface area contributed by atoms with E-state index in [0.29, 0.717) is 40.5 Å². The van der Waals surface area contributed by atoms with E-state index >= 15 is 0 Å². The Labute approximate surface area is 352 Å². The molecule has 12 heteroatoms. The molecule has 0 aliphatic carbocycles. The number of anilines is 1. The van der Waals surface area contributed by atoms with Crippen molar-refractivity contribution in [2.75, 3.05) is 83.3 Å². The number of piperazine rings is 1. The number of aliphatic hydroxyl groups is 1. The van der Waals surface area contributed by atoms with Crippen LogP contribution < -0.4 is 9.64 Å². The van der Waals surface area contributed by atoms with E-state index in [4.69, 9.17) is 4.74 Å². The lowest BCUT2D eigenvalue weighted by Crippen LogP contribution is -2.55. The summed E-state index contributed by atoms with van der Waals surface area (Å²) >= 11 is -1.22. The lowest BCUT2D eigenvalue weighted by molar-refractivity contribution is 0.0396. The van der Waals surface area contributed by atoms with Crippen molar-refractivity contribution in [3.8, 4) is 5.75 Å². The molecule has 3 aromatic rings. The Balaban J connectivity index is 1.04. The summed E-state index contributed by atoms with van der Waals surface area (Å²) in [7, 11) is -3.93. The van der Waals surface area contributed by atoms with E-state index in [9.17, 15) is 18.1 Å². The van der Waals surface area contributed by atoms with E-state index in [2.05, 4.69) is 31.5 Å². The fraction of sp³-hybridized carbons (Fsp3) is 0.674. The molecule has 0 bridgehead atoms. The van der Waals surface area contributed by atoms with Crippen LogP contribution in [0.15, 0.2) is 63.3 Å². The summed E-state index contributed by atoms with van der Waals surface area (Å²) < 4.78 is 47.6. The Morgan fingerprint density at radius 3 is 1.91 bits per heavy atom. The van der Waals surface area contributed by atoms with E-state index in [1.807, 2.05) is 18.2 Å². The Morgan fingerprint density at radius 2 is 1.33 bits per heavy atom. The maximum Gasteiger partial charge on any atom is 0.210 e. The summed E-state index contributed by atoms with van der Waals surface area (Å²) in [6.45, 7) is 11.8. The summed E-state index contributed by atoms with van der Waals surface area (Å²) in [5.41, 5.74) is 1.37. The second-order valence-electron chi connectivity index (χ2n) is 16.9. The fourth-order valence-electron chi connectivity index (χ4n) is 9.38. The first-order valence-corrected chi connectivity index (χ1v) is 25.6. The third kappa shape index (κ3) is 12.3. The van der Waals surface area contributed by atoms with Crippen molar-refractivity contribution in [3.05, 3.63) is 48.7 Å². The average molecular weight is 838 g/mol. The van der Waals surface area contributed by atoms with Crippen molar-refractivity contribution in [2.45, 2.75) is 136 Å². The number of fused-ring (bicyclic) bond motifs is 1. The van der Waals surface area contributed by atoms with Crippen molar-refractivity contribution >= 4 is 37.6 Å². The van der Waals surface area contributed by atoms with Crippen molar-refractivity contribution in [1.29, 1.82) is 0 Å². The highest BCUT2D eigenvalue weighted by molar-refractivity contribution is 7.91. The van der Waals surface area contributed by atoms with Gasteiger partial charge in [0.15, 0.2) is 4.90 Å². The molecule has 0 amide bonds. The second-order valence-corrected chi connectivity index (χ2v) is 20.2. The molecule has 322 valence electrons. The van der Waals surface area contributed by atoms with Crippen LogP contribution in [0.25, 0.3) is 10.9 Å². The molecule has 3 aliphatic rings. The molecular formula is C46H71N5O5S2. The van der Waals surface area contributed by atoms with E-state index < -0.39 is 21.0 Å². The Kier molecular flexibility index (Phi) is 17.8. The second kappa shape index (κ2) is 23.0. The van der Waals surface area contributed by atoms with E-state index in [1.165, 1.54) is 83.2 Å². The van der Waals surface area contributed by atoms with Gasteiger partial charge in [-0.25, -0.2) is 8.42 Å². The number of pyridine rings is 1. The van der Waals surface area contributed by atoms with Crippen LogP contribution in [-0.2, 0) is 21.0 Å². The summed E-state index contributed by atoms with van der Waals surface area (Å²) in [5.74, 6) is 0.681. The van der Waals surface area contributed by atoms with Gasteiger partial charge in [-0.15, -0.1) is 0 Å². The monoisotopic (exact) mass is 837 g/mol. The first kappa shape index (κ1) is 45.1. The molecule has 0 saturated carbocycles. The highest BCUT2D eigenvalue weighted by Crippen LogP contribution is 2.39. The first-order chi connectivity index (χ1) is 28.3. The third-order valence-corrected chi connectivity index (χ3v) is 15.6. The van der Waals surface area contributed by atoms with Gasteiger partial charge in [0.1, 0.15) is 16.9 Å². The molecule has 1 unspecified atom stereocenters. The molecule has 2 aromatic carbocycles. The highest BCUT2D eigenvalue weighted by atomic mass is 32.2. The molecule has 1 atom stereocenters. The standard InChI is InChI=1S/C46H71N5O5S2/c1-3-4-5-6-7-8-9-10-11-12-13-14-35-56-40-15-18-42(19-16-40)58(54,55)45-37-47-44-20-17-41(57(2)53)36-43(44)46(45)51-27-23-38(24-28-51)49-25-21-39(22-26-49)50-31-29-48(30-32-50)33-34-52/h15-20,36-39,52H,3-14,21-35H2,1-2H3. The van der Waals surface area contributed by atoms with Gasteiger partial charge in [0.2, 0.25) is 9.84 Å². The molecular weight excluding hydrogens is 767 g/mol. The topological polar surface area (TPSA) is 113 Å². The fourth-order valence-corrected chi connectivity index (χ4v) is 11.4. The Bertz CT molecular complexity index is 1770. The number of unbranched alkanes of at least 4 members (excludes halogenated alkanes) is 11. The largest absolute Gasteiger partial charge is 0.612 e. The minimum atomic E-state index is -3.93. The molecule has 0 radical (unpaired) electrons. The van der Waals surface area contributed by atoms with Crippen LogP contribution in [0.1, 0.15) is 110 Å². The summed E-state index contributed by atoms with van der Waals surface area (Å²) in [5, 5.41) is 10.0. The van der Waals surface area contributed by atoms with Gasteiger partial charge in [0.25, 0.3) is 0 Å². The minimum Gasteiger partial charge on any atom is -0.612 e. The minimum absolute atomic E-state index is 0.197. The van der Waals surface area contributed by atoms with Gasteiger partial charge in [-0.2, -0.15) is 0 Å². The number of aromatic nitrogens is 1. The van der Waals surface area contributed by atoms with Crippen LogP contribution in [0.3, 0.4) is 0 Å². The number of nitrogens with zero attached hydrogens (tertiary/aromatic N) is 5. The third-order valence-electron chi connectivity index (χ3n) is 12.9. The van der Waals surface area contributed by atoms with Gasteiger partial charge in [0, 0.05) is 75.5 Å². The zero-order valence-electron chi connectivity index (χ0n) is 35.5. The molecule has 3 fully saturated rings. The number of ether oxygens (including phenoxy) is 1. The number of hydrogen-bond donors (Lipinski definition) is 1. The molecule has 0 spiro atoms. The molecule has 1 N–H and O–H groups in total. The number of likely N-dealkylation sites (tertiary alicyclic amines) is 1. The predicted octanol–water partition coefficient (Wildman–Crippen LogP) is 7.93. The van der Waals surface area contributed by atoms with E-state index in [-0.39, 0.29) is 16.4 Å². The summed E-state index contributed by atoms with van der Waals surface area (Å²) in [4.78, 5) is 15.6.